The molecule has 29 heavy (non-hydrogen) atoms. The molecule has 0 radical (unpaired) electrons. The molecule has 4 rings (SSSR count). The second-order valence-corrected chi connectivity index (χ2v) is 6.92. The van der Waals surface area contributed by atoms with Gasteiger partial charge in [0.15, 0.2) is 0 Å². The number of aryl methyl sites for hydroxylation is 1. The quantitative estimate of drug-likeness (QED) is 0.660. The van der Waals surface area contributed by atoms with Crippen LogP contribution in [-0.2, 0) is 13.0 Å². The van der Waals surface area contributed by atoms with Gasteiger partial charge in [-0.15, -0.1) is 0 Å². The lowest BCUT2D eigenvalue weighted by Crippen LogP contribution is -2.38. The summed E-state index contributed by atoms with van der Waals surface area (Å²) in [6, 6.07) is 17.1. The number of amides is 2. The van der Waals surface area contributed by atoms with Gasteiger partial charge < -0.3 is 20.7 Å². The number of hydrogen-bond acceptors (Lipinski definition) is 4. The Morgan fingerprint density at radius 1 is 1.10 bits per heavy atom. The zero-order valence-electron chi connectivity index (χ0n) is 15.7. The molecule has 2 heterocycles. The first-order valence-corrected chi connectivity index (χ1v) is 9.20. The van der Waals surface area contributed by atoms with Gasteiger partial charge in [0.2, 0.25) is 0 Å². The fraction of sp³-hybridized carbons (Fsp3) is 0.217. The van der Waals surface area contributed by atoms with Crippen LogP contribution >= 0.6 is 0 Å². The molecule has 2 aromatic carbocycles. The van der Waals surface area contributed by atoms with Gasteiger partial charge in [0.25, 0.3) is 0 Å². The molecular weight excluding hydrogens is 364 g/mol. The summed E-state index contributed by atoms with van der Waals surface area (Å²) in [7, 11) is 0. The molecule has 6 nitrogen and oxygen atoms in total. The maximum absolute atomic E-state index is 12.7. The van der Waals surface area contributed by atoms with Crippen molar-refractivity contribution in [1.29, 1.82) is 0 Å². The van der Waals surface area contributed by atoms with Crippen molar-refractivity contribution in [2.24, 2.45) is 0 Å². The highest BCUT2D eigenvalue weighted by atomic mass is 16.5. The summed E-state index contributed by atoms with van der Waals surface area (Å²) in [5.41, 5.74) is 9.95. The number of carbonyl (C=O) groups excluding carboxylic acids is 1. The number of pyridine rings is 1. The molecule has 3 N–H and O–H groups in total. The topological polar surface area (TPSA) is 80.5 Å². The smallest absolute Gasteiger partial charge is 0.322 e. The standard InChI is InChI=1S/C22H22N4O2.CH4/c1-15-3-2-4-18(11-15)25-22(27)26-10-8-16-5-6-19(12-17(16)14-26)28-20-7-9-24-21(23)13-20;/h2-7,9,11-13H,8,10,14H2,1H3,(H2,23,24)(H,25,27);1H4. The normalized spacial score (nSPS) is 12.5. The van der Waals surface area contributed by atoms with Gasteiger partial charge in [-0.25, -0.2) is 9.78 Å². The highest BCUT2D eigenvalue weighted by Gasteiger charge is 2.21. The molecule has 1 aliphatic rings. The summed E-state index contributed by atoms with van der Waals surface area (Å²) in [6.45, 7) is 3.24. The first-order valence-electron chi connectivity index (χ1n) is 9.20. The van der Waals surface area contributed by atoms with E-state index in [1.807, 2.05) is 48.2 Å². The monoisotopic (exact) mass is 390 g/mol. The van der Waals surface area contributed by atoms with E-state index in [2.05, 4.69) is 16.4 Å². The van der Waals surface area contributed by atoms with Crippen molar-refractivity contribution in [3.05, 3.63) is 77.5 Å². The molecular formula is C23H26N4O2. The average molecular weight is 390 g/mol. The molecule has 0 spiro atoms. The SMILES string of the molecule is C.Cc1cccc(NC(=O)N2CCc3ccc(Oc4ccnc(N)c4)cc3C2)c1. The summed E-state index contributed by atoms with van der Waals surface area (Å²) >= 11 is 0. The molecule has 6 heteroatoms. The lowest BCUT2D eigenvalue weighted by molar-refractivity contribution is 0.206. The Hall–Kier alpha value is -3.54. The Kier molecular flexibility index (Phi) is 6.02. The Morgan fingerprint density at radius 2 is 1.93 bits per heavy atom. The van der Waals surface area contributed by atoms with Gasteiger partial charge in [0.05, 0.1) is 0 Å². The van der Waals surface area contributed by atoms with Crippen molar-refractivity contribution in [3.63, 3.8) is 0 Å². The molecule has 0 atom stereocenters. The molecule has 0 bridgehead atoms. The van der Waals surface area contributed by atoms with E-state index in [9.17, 15) is 4.79 Å². The number of rotatable bonds is 3. The average Bonchev–Trinajstić information content (AvgIpc) is 2.67. The van der Waals surface area contributed by atoms with Crippen molar-refractivity contribution >= 4 is 17.5 Å². The number of carbonyl (C=O) groups is 1. The maximum Gasteiger partial charge on any atom is 0.322 e. The van der Waals surface area contributed by atoms with Crippen LogP contribution in [-0.4, -0.2) is 22.5 Å². The minimum atomic E-state index is -0.0931. The van der Waals surface area contributed by atoms with E-state index in [0.717, 1.165) is 23.2 Å². The van der Waals surface area contributed by atoms with E-state index in [0.29, 0.717) is 30.4 Å². The van der Waals surface area contributed by atoms with E-state index in [4.69, 9.17) is 10.5 Å². The van der Waals surface area contributed by atoms with Crippen molar-refractivity contribution in [2.75, 3.05) is 17.6 Å². The number of ether oxygens (including phenoxy) is 1. The number of anilines is 2. The third kappa shape index (κ3) is 4.85. The van der Waals surface area contributed by atoms with Gasteiger partial charge in [-0.2, -0.15) is 0 Å². The Bertz CT molecular complexity index is 1020. The van der Waals surface area contributed by atoms with Crippen LogP contribution in [0.15, 0.2) is 60.8 Å². The molecule has 2 amide bonds. The van der Waals surface area contributed by atoms with Crippen molar-refractivity contribution in [3.8, 4) is 11.5 Å². The number of benzene rings is 2. The van der Waals surface area contributed by atoms with Crippen LogP contribution in [0.2, 0.25) is 0 Å². The zero-order chi connectivity index (χ0) is 19.5. The molecule has 0 saturated carbocycles. The number of urea groups is 1. The van der Waals surface area contributed by atoms with Gasteiger partial charge in [-0.3, -0.25) is 0 Å². The first-order chi connectivity index (χ1) is 13.6. The fourth-order valence-corrected chi connectivity index (χ4v) is 3.32. The molecule has 150 valence electrons. The third-order valence-electron chi connectivity index (χ3n) is 4.73. The molecule has 0 unspecified atom stereocenters. The number of nitrogens with one attached hydrogen (secondary N) is 1. The zero-order valence-corrected chi connectivity index (χ0v) is 15.7. The number of aromatic nitrogens is 1. The summed E-state index contributed by atoms with van der Waals surface area (Å²) in [5, 5.41) is 2.98. The van der Waals surface area contributed by atoms with E-state index in [-0.39, 0.29) is 13.5 Å². The number of hydrogen-bond donors (Lipinski definition) is 2. The lowest BCUT2D eigenvalue weighted by Gasteiger charge is -2.29. The van der Waals surface area contributed by atoms with Crippen LogP contribution in [0.4, 0.5) is 16.3 Å². The number of nitrogen functional groups attached to an aromatic ring is 1. The fourth-order valence-electron chi connectivity index (χ4n) is 3.32. The van der Waals surface area contributed by atoms with Gasteiger partial charge in [-0.1, -0.05) is 25.6 Å². The van der Waals surface area contributed by atoms with Crippen LogP contribution in [0.1, 0.15) is 24.1 Å². The summed E-state index contributed by atoms with van der Waals surface area (Å²) in [6.07, 6.45) is 2.43. The van der Waals surface area contributed by atoms with Crippen molar-refractivity contribution in [1.82, 2.24) is 9.88 Å². The van der Waals surface area contributed by atoms with E-state index in [1.54, 1.807) is 18.3 Å². The number of fused-ring (bicyclic) bond motifs is 1. The first kappa shape index (κ1) is 20.2. The van der Waals surface area contributed by atoms with Crippen LogP contribution in [0.5, 0.6) is 11.5 Å². The van der Waals surface area contributed by atoms with Crippen molar-refractivity contribution in [2.45, 2.75) is 27.3 Å². The van der Waals surface area contributed by atoms with Crippen LogP contribution in [0, 0.1) is 6.92 Å². The van der Waals surface area contributed by atoms with Crippen LogP contribution in [0.3, 0.4) is 0 Å². The Balaban J connectivity index is 0.00000240. The molecule has 1 aromatic heterocycles. The predicted molar refractivity (Wildman–Crippen MR) is 116 cm³/mol. The molecule has 0 fully saturated rings. The van der Waals surface area contributed by atoms with Crippen LogP contribution in [0.25, 0.3) is 0 Å². The number of nitrogens with two attached hydrogens (primary N) is 1. The minimum Gasteiger partial charge on any atom is -0.457 e. The summed E-state index contributed by atoms with van der Waals surface area (Å²) in [4.78, 5) is 18.5. The maximum atomic E-state index is 12.7. The van der Waals surface area contributed by atoms with Crippen molar-refractivity contribution < 1.29 is 9.53 Å². The van der Waals surface area contributed by atoms with Gasteiger partial charge in [0, 0.05) is 31.0 Å². The summed E-state index contributed by atoms with van der Waals surface area (Å²) in [5.74, 6) is 1.76. The van der Waals surface area contributed by atoms with E-state index >= 15 is 0 Å². The molecule has 0 aliphatic carbocycles. The number of nitrogens with zero attached hydrogens (tertiary/aromatic N) is 2. The summed E-state index contributed by atoms with van der Waals surface area (Å²) < 4.78 is 5.89. The van der Waals surface area contributed by atoms with Gasteiger partial charge >= 0.3 is 6.03 Å². The highest BCUT2D eigenvalue weighted by molar-refractivity contribution is 5.89. The van der Waals surface area contributed by atoms with Crippen LogP contribution < -0.4 is 15.8 Å². The second kappa shape index (κ2) is 8.65. The molecule has 0 saturated heterocycles. The largest absolute Gasteiger partial charge is 0.457 e. The Morgan fingerprint density at radius 3 is 2.72 bits per heavy atom. The second-order valence-electron chi connectivity index (χ2n) is 6.92. The van der Waals surface area contributed by atoms with Gasteiger partial charge in [0.1, 0.15) is 17.3 Å². The lowest BCUT2D eigenvalue weighted by atomic mass is 10.00. The predicted octanol–water partition coefficient (Wildman–Crippen LogP) is 4.99. The molecule has 3 aromatic rings. The minimum absolute atomic E-state index is 0. The highest BCUT2D eigenvalue weighted by Crippen LogP contribution is 2.28. The molecule has 1 aliphatic heterocycles. The van der Waals surface area contributed by atoms with E-state index < -0.39 is 0 Å². The van der Waals surface area contributed by atoms with E-state index in [1.165, 1.54) is 5.56 Å². The Labute approximate surface area is 171 Å². The van der Waals surface area contributed by atoms with Gasteiger partial charge in [-0.05, 0) is 60.4 Å². The third-order valence-corrected chi connectivity index (χ3v) is 4.73.